The van der Waals surface area contributed by atoms with Gasteiger partial charge in [0.15, 0.2) is 0 Å². The summed E-state index contributed by atoms with van der Waals surface area (Å²) < 4.78 is 25.2. The first-order valence-corrected chi connectivity index (χ1v) is 9.98. The SMILES string of the molecule is CCS(=O)(=O)NCC(=O)N1CCN(c2cncc3ccccc23)CC1. The Morgan fingerprint density at radius 3 is 2.60 bits per heavy atom. The lowest BCUT2D eigenvalue weighted by Crippen LogP contribution is -2.51. The zero-order chi connectivity index (χ0) is 17.9. The normalized spacial score (nSPS) is 15.6. The number of carbonyl (C=O) groups excluding carboxylic acids is 1. The van der Waals surface area contributed by atoms with E-state index >= 15 is 0 Å². The van der Waals surface area contributed by atoms with Crippen LogP contribution in [0.4, 0.5) is 5.69 Å². The van der Waals surface area contributed by atoms with Crippen molar-refractivity contribution in [2.45, 2.75) is 6.92 Å². The van der Waals surface area contributed by atoms with Gasteiger partial charge in [-0.25, -0.2) is 13.1 Å². The highest BCUT2D eigenvalue weighted by Crippen LogP contribution is 2.26. The number of anilines is 1. The summed E-state index contributed by atoms with van der Waals surface area (Å²) in [5.41, 5.74) is 1.07. The molecule has 0 aliphatic carbocycles. The van der Waals surface area contributed by atoms with Crippen LogP contribution in [0.3, 0.4) is 0 Å². The van der Waals surface area contributed by atoms with Gasteiger partial charge in [-0.15, -0.1) is 0 Å². The molecule has 0 unspecified atom stereocenters. The van der Waals surface area contributed by atoms with Gasteiger partial charge in [0.25, 0.3) is 0 Å². The van der Waals surface area contributed by atoms with Crippen molar-refractivity contribution in [1.82, 2.24) is 14.6 Å². The number of benzene rings is 1. The average molecular weight is 362 g/mol. The molecule has 0 bridgehead atoms. The second-order valence-electron chi connectivity index (χ2n) is 5.97. The molecule has 1 amide bonds. The van der Waals surface area contributed by atoms with Crippen molar-refractivity contribution in [3.8, 4) is 0 Å². The average Bonchev–Trinajstić information content (AvgIpc) is 2.66. The Hall–Kier alpha value is -2.19. The number of piperazine rings is 1. The molecule has 1 aliphatic heterocycles. The Kier molecular flexibility index (Phi) is 5.19. The van der Waals surface area contributed by atoms with E-state index in [0.717, 1.165) is 16.5 Å². The molecule has 0 spiro atoms. The third-order valence-corrected chi connectivity index (χ3v) is 5.79. The molecular weight excluding hydrogens is 340 g/mol. The third-order valence-electron chi connectivity index (χ3n) is 4.44. The van der Waals surface area contributed by atoms with E-state index in [1.165, 1.54) is 0 Å². The molecule has 1 aliphatic rings. The molecule has 0 radical (unpaired) electrons. The van der Waals surface area contributed by atoms with Gasteiger partial charge in [0, 0.05) is 43.1 Å². The molecule has 134 valence electrons. The van der Waals surface area contributed by atoms with Crippen molar-refractivity contribution in [2.75, 3.05) is 43.4 Å². The number of hydrogen-bond acceptors (Lipinski definition) is 5. The van der Waals surface area contributed by atoms with Gasteiger partial charge in [-0.1, -0.05) is 24.3 Å². The number of aromatic nitrogens is 1. The molecule has 1 aromatic heterocycles. The number of rotatable bonds is 5. The van der Waals surface area contributed by atoms with Gasteiger partial charge in [-0.2, -0.15) is 0 Å². The minimum Gasteiger partial charge on any atom is -0.366 e. The minimum atomic E-state index is -3.35. The van der Waals surface area contributed by atoms with Gasteiger partial charge in [-0.3, -0.25) is 9.78 Å². The predicted octanol–water partition coefficient (Wildman–Crippen LogP) is 0.823. The monoisotopic (exact) mass is 362 g/mol. The predicted molar refractivity (Wildman–Crippen MR) is 98.0 cm³/mol. The summed E-state index contributed by atoms with van der Waals surface area (Å²) in [6.07, 6.45) is 3.70. The largest absolute Gasteiger partial charge is 0.366 e. The summed E-state index contributed by atoms with van der Waals surface area (Å²) in [6, 6.07) is 8.10. The van der Waals surface area contributed by atoms with Gasteiger partial charge in [0.2, 0.25) is 15.9 Å². The highest BCUT2D eigenvalue weighted by molar-refractivity contribution is 7.89. The highest BCUT2D eigenvalue weighted by atomic mass is 32.2. The maximum absolute atomic E-state index is 12.2. The Morgan fingerprint density at radius 2 is 1.88 bits per heavy atom. The smallest absolute Gasteiger partial charge is 0.237 e. The first-order valence-electron chi connectivity index (χ1n) is 8.33. The standard InChI is InChI=1S/C17H22N4O3S/c1-2-25(23,24)19-13-17(22)21-9-7-20(8-10-21)16-12-18-11-14-5-3-4-6-15(14)16/h3-6,11-12,19H,2,7-10,13H2,1H3. The molecule has 7 nitrogen and oxygen atoms in total. The zero-order valence-corrected chi connectivity index (χ0v) is 15.0. The fourth-order valence-electron chi connectivity index (χ4n) is 2.93. The van der Waals surface area contributed by atoms with Gasteiger partial charge in [-0.05, 0) is 6.92 Å². The van der Waals surface area contributed by atoms with Crippen molar-refractivity contribution in [3.05, 3.63) is 36.7 Å². The summed E-state index contributed by atoms with van der Waals surface area (Å²) >= 11 is 0. The van der Waals surface area contributed by atoms with E-state index in [9.17, 15) is 13.2 Å². The number of nitrogens with zero attached hydrogens (tertiary/aromatic N) is 3. The van der Waals surface area contributed by atoms with E-state index in [-0.39, 0.29) is 18.2 Å². The number of nitrogens with one attached hydrogen (secondary N) is 1. The van der Waals surface area contributed by atoms with Gasteiger partial charge >= 0.3 is 0 Å². The summed E-state index contributed by atoms with van der Waals surface area (Å²) in [5.74, 6) is -0.213. The summed E-state index contributed by atoms with van der Waals surface area (Å²) in [7, 11) is -3.35. The first-order chi connectivity index (χ1) is 12.0. The van der Waals surface area contributed by atoms with Crippen molar-refractivity contribution < 1.29 is 13.2 Å². The Morgan fingerprint density at radius 1 is 1.16 bits per heavy atom. The van der Waals surface area contributed by atoms with Crippen LogP contribution in [-0.2, 0) is 14.8 Å². The lowest BCUT2D eigenvalue weighted by Gasteiger charge is -2.36. The van der Waals surface area contributed by atoms with Crippen LogP contribution in [0, 0.1) is 0 Å². The van der Waals surface area contributed by atoms with Gasteiger partial charge < -0.3 is 9.80 Å². The number of hydrogen-bond donors (Lipinski definition) is 1. The molecule has 1 N–H and O–H groups in total. The summed E-state index contributed by atoms with van der Waals surface area (Å²) in [6.45, 7) is 3.89. The van der Waals surface area contributed by atoms with Crippen LogP contribution in [0.25, 0.3) is 10.8 Å². The molecule has 1 saturated heterocycles. The second kappa shape index (κ2) is 7.37. The van der Waals surface area contributed by atoms with Gasteiger partial charge in [0.1, 0.15) is 0 Å². The molecule has 8 heteroatoms. The first kappa shape index (κ1) is 17.6. The molecular formula is C17H22N4O3S. The van der Waals surface area contributed by atoms with Gasteiger partial charge in [0.05, 0.1) is 24.2 Å². The fourth-order valence-corrected chi connectivity index (χ4v) is 3.48. The van der Waals surface area contributed by atoms with Crippen molar-refractivity contribution in [3.63, 3.8) is 0 Å². The molecule has 0 saturated carbocycles. The second-order valence-corrected chi connectivity index (χ2v) is 8.07. The van der Waals surface area contributed by atoms with Crippen LogP contribution in [0.2, 0.25) is 0 Å². The number of fused-ring (bicyclic) bond motifs is 1. The maximum Gasteiger partial charge on any atom is 0.237 e. The topological polar surface area (TPSA) is 82.6 Å². The lowest BCUT2D eigenvalue weighted by molar-refractivity contribution is -0.130. The van der Waals surface area contributed by atoms with E-state index in [1.54, 1.807) is 11.8 Å². The molecule has 3 rings (SSSR count). The number of amides is 1. The highest BCUT2D eigenvalue weighted by Gasteiger charge is 2.23. The zero-order valence-electron chi connectivity index (χ0n) is 14.2. The quantitative estimate of drug-likeness (QED) is 0.852. The minimum absolute atomic E-state index is 0.0257. The third kappa shape index (κ3) is 4.08. The van der Waals surface area contributed by atoms with Crippen LogP contribution >= 0.6 is 0 Å². The number of pyridine rings is 1. The fraction of sp³-hybridized carbons (Fsp3) is 0.412. The number of carbonyl (C=O) groups is 1. The van der Waals surface area contributed by atoms with E-state index in [2.05, 4.69) is 20.7 Å². The maximum atomic E-state index is 12.2. The van der Waals surface area contributed by atoms with Crippen LogP contribution in [0.15, 0.2) is 36.7 Å². The Balaban J connectivity index is 1.63. The molecule has 1 fully saturated rings. The Labute approximate surface area is 147 Å². The van der Waals surface area contributed by atoms with E-state index < -0.39 is 10.0 Å². The van der Waals surface area contributed by atoms with Crippen LogP contribution in [0.5, 0.6) is 0 Å². The van der Waals surface area contributed by atoms with Crippen LogP contribution in [-0.4, -0.2) is 62.7 Å². The molecule has 0 atom stereocenters. The van der Waals surface area contributed by atoms with Crippen LogP contribution < -0.4 is 9.62 Å². The molecule has 25 heavy (non-hydrogen) atoms. The summed E-state index contributed by atoms with van der Waals surface area (Å²) in [4.78, 5) is 20.4. The van der Waals surface area contributed by atoms with Crippen molar-refractivity contribution in [1.29, 1.82) is 0 Å². The van der Waals surface area contributed by atoms with Crippen molar-refractivity contribution in [2.24, 2.45) is 0 Å². The van der Waals surface area contributed by atoms with E-state index in [1.807, 2.05) is 30.6 Å². The van der Waals surface area contributed by atoms with Crippen LogP contribution in [0.1, 0.15) is 6.92 Å². The molecule has 1 aromatic carbocycles. The molecule has 2 heterocycles. The summed E-state index contributed by atoms with van der Waals surface area (Å²) in [5, 5.41) is 2.24. The lowest BCUT2D eigenvalue weighted by atomic mass is 10.1. The van der Waals surface area contributed by atoms with E-state index in [4.69, 9.17) is 0 Å². The van der Waals surface area contributed by atoms with Crippen molar-refractivity contribution >= 4 is 32.4 Å². The van der Waals surface area contributed by atoms with E-state index in [0.29, 0.717) is 26.2 Å². The number of sulfonamides is 1. The molecule has 2 aromatic rings. The Bertz CT molecular complexity index is 856.